The third-order valence-corrected chi connectivity index (χ3v) is 5.87. The van der Waals surface area contributed by atoms with Crippen molar-refractivity contribution in [3.63, 3.8) is 0 Å². The van der Waals surface area contributed by atoms with E-state index in [2.05, 4.69) is 10.3 Å². The van der Waals surface area contributed by atoms with Gasteiger partial charge in [-0.25, -0.2) is 9.18 Å². The second-order valence-electron chi connectivity index (χ2n) is 8.00. The van der Waals surface area contributed by atoms with Crippen molar-refractivity contribution in [2.24, 2.45) is 0 Å². The summed E-state index contributed by atoms with van der Waals surface area (Å²) in [6.45, 7) is 5.45. The van der Waals surface area contributed by atoms with E-state index >= 15 is 0 Å². The predicted molar refractivity (Wildman–Crippen MR) is 121 cm³/mol. The third kappa shape index (κ3) is 4.09. The molecular weight excluding hydrogens is 421 g/mol. The van der Waals surface area contributed by atoms with Crippen molar-refractivity contribution < 1.29 is 9.18 Å². The summed E-state index contributed by atoms with van der Waals surface area (Å²) >= 11 is 0. The number of amides is 1. The zero-order valence-corrected chi connectivity index (χ0v) is 18.7. The van der Waals surface area contributed by atoms with Gasteiger partial charge in [0.05, 0.1) is 28.5 Å². The van der Waals surface area contributed by atoms with E-state index < -0.39 is 5.82 Å². The van der Waals surface area contributed by atoms with E-state index in [1.165, 1.54) is 27.7 Å². The van der Waals surface area contributed by atoms with Crippen LogP contribution in [0.2, 0.25) is 0 Å². The largest absolute Gasteiger partial charge is 0.339 e. The average Bonchev–Trinajstić information content (AvgIpc) is 3.05. The van der Waals surface area contributed by atoms with Crippen LogP contribution < -0.4 is 11.0 Å². The van der Waals surface area contributed by atoms with Crippen LogP contribution in [0.4, 0.5) is 4.39 Å². The second-order valence-corrected chi connectivity index (χ2v) is 8.00. The van der Waals surface area contributed by atoms with E-state index in [0.29, 0.717) is 11.2 Å². The van der Waals surface area contributed by atoms with Crippen LogP contribution in [-0.2, 0) is 0 Å². The molecule has 1 aromatic carbocycles. The normalized spacial score (nSPS) is 14.6. The molecule has 1 aliphatic heterocycles. The number of piperidine rings is 1. The fourth-order valence-electron chi connectivity index (χ4n) is 4.02. The van der Waals surface area contributed by atoms with Gasteiger partial charge in [0.15, 0.2) is 0 Å². The minimum Gasteiger partial charge on any atom is -0.339 e. The second kappa shape index (κ2) is 9.20. The van der Waals surface area contributed by atoms with Crippen molar-refractivity contribution in [3.8, 4) is 5.69 Å². The monoisotopic (exact) mass is 447 g/mol. The summed E-state index contributed by atoms with van der Waals surface area (Å²) in [5.41, 5.74) is 1.65. The van der Waals surface area contributed by atoms with Crippen LogP contribution in [0.5, 0.6) is 0 Å². The maximum absolute atomic E-state index is 14.1. The van der Waals surface area contributed by atoms with Gasteiger partial charge < -0.3 is 10.2 Å². The molecule has 0 spiro atoms. The number of hydrogen-bond acceptors (Lipinski definition) is 4. The Kier molecular flexibility index (Phi) is 6.81. The minimum absolute atomic E-state index is 0. The fourth-order valence-corrected chi connectivity index (χ4v) is 4.02. The molecule has 1 fully saturated rings. The van der Waals surface area contributed by atoms with Gasteiger partial charge in [-0.05, 0) is 64.0 Å². The summed E-state index contributed by atoms with van der Waals surface area (Å²) in [6, 6.07) is 5.79. The lowest BCUT2D eigenvalue weighted by Crippen LogP contribution is -2.36. The van der Waals surface area contributed by atoms with Crippen LogP contribution >= 0.6 is 12.4 Å². The number of rotatable bonds is 4. The Balaban J connectivity index is 0.00000272. The summed E-state index contributed by atoms with van der Waals surface area (Å²) in [5, 5.41) is 3.32. The van der Waals surface area contributed by atoms with Gasteiger partial charge in [-0.3, -0.25) is 18.9 Å². The molecule has 31 heavy (non-hydrogen) atoms. The molecular formula is C22H27ClFN5O2. The number of carbonyl (C=O) groups excluding carboxylic acids is 1. The van der Waals surface area contributed by atoms with E-state index in [0.717, 1.165) is 31.4 Å². The molecule has 0 radical (unpaired) electrons. The van der Waals surface area contributed by atoms with Crippen LogP contribution in [-0.4, -0.2) is 51.1 Å². The topological polar surface area (TPSA) is 72.2 Å². The number of imidazole rings is 1. The highest BCUT2D eigenvalue weighted by Crippen LogP contribution is 2.26. The van der Waals surface area contributed by atoms with E-state index in [1.54, 1.807) is 24.0 Å². The Labute approximate surface area is 186 Å². The summed E-state index contributed by atoms with van der Waals surface area (Å²) in [6.07, 6.45) is 4.96. The smallest absolute Gasteiger partial charge is 0.334 e. The number of pyridine rings is 1. The Morgan fingerprint density at radius 1 is 1.23 bits per heavy atom. The number of benzene rings is 1. The van der Waals surface area contributed by atoms with Gasteiger partial charge >= 0.3 is 5.69 Å². The first-order valence-corrected chi connectivity index (χ1v) is 10.2. The molecule has 0 aliphatic carbocycles. The van der Waals surface area contributed by atoms with Gasteiger partial charge in [0.1, 0.15) is 5.82 Å². The first-order valence-electron chi connectivity index (χ1n) is 10.2. The van der Waals surface area contributed by atoms with E-state index in [1.807, 2.05) is 19.9 Å². The Hall–Kier alpha value is -2.71. The molecule has 1 saturated heterocycles. The molecule has 9 heteroatoms. The zero-order valence-electron chi connectivity index (χ0n) is 17.8. The van der Waals surface area contributed by atoms with Crippen LogP contribution in [0.3, 0.4) is 0 Å². The maximum atomic E-state index is 14.1. The summed E-state index contributed by atoms with van der Waals surface area (Å²) in [4.78, 5) is 32.4. The third-order valence-electron chi connectivity index (χ3n) is 5.87. The lowest BCUT2D eigenvalue weighted by molar-refractivity contribution is 0.0754. The van der Waals surface area contributed by atoms with Crippen molar-refractivity contribution in [1.82, 2.24) is 24.3 Å². The minimum atomic E-state index is -0.521. The molecule has 2 aromatic heterocycles. The van der Waals surface area contributed by atoms with Gasteiger partial charge in [-0.2, -0.15) is 0 Å². The molecule has 1 amide bonds. The van der Waals surface area contributed by atoms with E-state index in [-0.39, 0.29) is 41.7 Å². The number of carbonyl (C=O) groups is 1. The van der Waals surface area contributed by atoms with Crippen LogP contribution in [0, 0.1) is 5.82 Å². The number of hydrogen-bond donors (Lipinski definition) is 1. The number of nitrogens with zero attached hydrogens (tertiary/aromatic N) is 4. The first kappa shape index (κ1) is 23.0. The van der Waals surface area contributed by atoms with E-state index in [9.17, 15) is 14.0 Å². The molecule has 166 valence electrons. The number of aromatic nitrogens is 3. The highest BCUT2D eigenvalue weighted by molar-refractivity contribution is 5.98. The van der Waals surface area contributed by atoms with Gasteiger partial charge in [-0.1, -0.05) is 0 Å². The molecule has 1 aliphatic rings. The number of nitrogens with one attached hydrogen (secondary N) is 1. The van der Waals surface area contributed by atoms with Crippen LogP contribution in [0.15, 0.2) is 41.5 Å². The Morgan fingerprint density at radius 2 is 1.94 bits per heavy atom. The summed E-state index contributed by atoms with van der Waals surface area (Å²) in [5.74, 6) is -0.856. The molecule has 7 nitrogen and oxygen atoms in total. The maximum Gasteiger partial charge on any atom is 0.334 e. The van der Waals surface area contributed by atoms with Crippen LogP contribution in [0.1, 0.15) is 43.1 Å². The molecule has 1 N–H and O–H groups in total. The van der Waals surface area contributed by atoms with Gasteiger partial charge in [-0.15, -0.1) is 12.4 Å². The quantitative estimate of drug-likeness (QED) is 0.666. The average molecular weight is 448 g/mol. The van der Waals surface area contributed by atoms with Gasteiger partial charge in [0.2, 0.25) is 0 Å². The van der Waals surface area contributed by atoms with Crippen LogP contribution in [0.25, 0.3) is 16.7 Å². The lowest BCUT2D eigenvalue weighted by Gasteiger charge is -2.24. The molecule has 0 unspecified atom stereocenters. The standard InChI is InChI=1S/C22H26FN5O2.ClH/c1-14(2)26(3)21(29)17-12-15(23)4-5-18(17)28-20-13-25-11-8-19(20)27(22(28)30)16-6-9-24-10-7-16;/h4-5,8,11-14,16,24H,6-7,9-10H2,1-3H3;1H. The molecule has 4 rings (SSSR count). The summed E-state index contributed by atoms with van der Waals surface area (Å²) in [7, 11) is 1.67. The summed E-state index contributed by atoms with van der Waals surface area (Å²) < 4.78 is 17.4. The van der Waals surface area contributed by atoms with Crippen molar-refractivity contribution in [2.75, 3.05) is 20.1 Å². The van der Waals surface area contributed by atoms with Crippen molar-refractivity contribution in [2.45, 2.75) is 38.8 Å². The Morgan fingerprint density at radius 3 is 2.61 bits per heavy atom. The first-order chi connectivity index (χ1) is 14.4. The highest BCUT2D eigenvalue weighted by atomic mass is 35.5. The SMILES string of the molecule is CC(C)N(C)C(=O)c1cc(F)ccc1-n1c(=O)n(C2CCNCC2)c2ccncc21.Cl. The lowest BCUT2D eigenvalue weighted by atomic mass is 10.1. The van der Waals surface area contributed by atoms with E-state index in [4.69, 9.17) is 0 Å². The fraction of sp³-hybridized carbons (Fsp3) is 0.409. The van der Waals surface area contributed by atoms with Crippen molar-refractivity contribution in [1.29, 1.82) is 0 Å². The molecule has 3 aromatic rings. The zero-order chi connectivity index (χ0) is 21.4. The molecule has 0 saturated carbocycles. The van der Waals surface area contributed by atoms with Gasteiger partial charge in [0.25, 0.3) is 5.91 Å². The molecule has 3 heterocycles. The molecule has 0 atom stereocenters. The number of fused-ring (bicyclic) bond motifs is 1. The highest BCUT2D eigenvalue weighted by Gasteiger charge is 2.26. The van der Waals surface area contributed by atoms with Gasteiger partial charge in [0, 0.05) is 25.3 Å². The Bertz CT molecular complexity index is 1150. The predicted octanol–water partition coefficient (Wildman–Crippen LogP) is 3.15. The molecule has 0 bridgehead atoms. The van der Waals surface area contributed by atoms with Crippen molar-refractivity contribution >= 4 is 29.3 Å². The number of halogens is 2. The van der Waals surface area contributed by atoms with Crippen molar-refractivity contribution in [3.05, 3.63) is 58.5 Å².